The lowest BCUT2D eigenvalue weighted by molar-refractivity contribution is 0.760. The molecule has 0 fully saturated rings. The molecule has 0 bridgehead atoms. The monoisotopic (exact) mass is 159 g/mol. The molecule has 1 nitrogen and oxygen atoms in total. The van der Waals surface area contributed by atoms with Crippen LogP contribution in [0, 0.1) is 0 Å². The van der Waals surface area contributed by atoms with Gasteiger partial charge in [-0.1, -0.05) is 31.2 Å². The van der Waals surface area contributed by atoms with Gasteiger partial charge >= 0.3 is 0 Å². The molecular weight excluding hydrogens is 146 g/mol. The topological polar surface area (TPSA) is 12.4 Å². The van der Waals surface area contributed by atoms with Crippen LogP contribution in [0.15, 0.2) is 29.3 Å². The molecule has 1 aromatic carbocycles. The van der Waals surface area contributed by atoms with Crippen LogP contribution in [0.3, 0.4) is 0 Å². The van der Waals surface area contributed by atoms with Crippen LogP contribution in [0.1, 0.15) is 30.9 Å². The van der Waals surface area contributed by atoms with Gasteiger partial charge in [-0.05, 0) is 18.1 Å². The van der Waals surface area contributed by atoms with E-state index in [1.807, 2.05) is 0 Å². The lowest BCUT2D eigenvalue weighted by Gasteiger charge is -2.19. The van der Waals surface area contributed by atoms with Gasteiger partial charge < -0.3 is 0 Å². The number of fused-ring (bicyclic) bond motifs is 1. The Bertz CT molecular complexity index is 326. The van der Waals surface area contributed by atoms with Crippen molar-refractivity contribution in [3.8, 4) is 0 Å². The summed E-state index contributed by atoms with van der Waals surface area (Å²) < 4.78 is 0. The highest BCUT2D eigenvalue weighted by Crippen LogP contribution is 2.24. The Balaban J connectivity index is 2.58. The molecule has 1 aliphatic heterocycles. The molecule has 0 radical (unpaired) electrons. The molecule has 1 aromatic rings. The van der Waals surface area contributed by atoms with E-state index in [1.54, 1.807) is 0 Å². The summed E-state index contributed by atoms with van der Waals surface area (Å²) in [5, 5.41) is 0. The highest BCUT2D eigenvalue weighted by Gasteiger charge is 2.15. The van der Waals surface area contributed by atoms with E-state index in [1.165, 1.54) is 16.8 Å². The van der Waals surface area contributed by atoms with Crippen molar-refractivity contribution in [2.75, 3.05) is 6.54 Å². The van der Waals surface area contributed by atoms with Gasteiger partial charge in [0, 0.05) is 18.2 Å². The highest BCUT2D eigenvalue weighted by molar-refractivity contribution is 6.00. The summed E-state index contributed by atoms with van der Waals surface area (Å²) in [4.78, 5) is 4.47. The quantitative estimate of drug-likeness (QED) is 0.551. The van der Waals surface area contributed by atoms with Crippen LogP contribution in [0.25, 0.3) is 0 Å². The van der Waals surface area contributed by atoms with Crippen molar-refractivity contribution in [1.82, 2.24) is 0 Å². The molecule has 1 aliphatic rings. The fourth-order valence-corrected chi connectivity index (χ4v) is 1.71. The number of benzene rings is 1. The zero-order valence-electron chi connectivity index (χ0n) is 7.54. The third-order valence-corrected chi connectivity index (χ3v) is 2.48. The van der Waals surface area contributed by atoms with Crippen LogP contribution in [0.5, 0.6) is 0 Å². The van der Waals surface area contributed by atoms with Crippen molar-refractivity contribution in [1.29, 1.82) is 0 Å². The van der Waals surface area contributed by atoms with Gasteiger partial charge in [-0.3, -0.25) is 4.99 Å². The Labute approximate surface area is 73.1 Å². The summed E-state index contributed by atoms with van der Waals surface area (Å²) >= 11 is 0. The van der Waals surface area contributed by atoms with Crippen molar-refractivity contribution in [2.24, 2.45) is 4.99 Å². The molecule has 0 N–H and O–H groups in total. The molecule has 0 unspecified atom stereocenters. The third kappa shape index (κ3) is 1.06. The van der Waals surface area contributed by atoms with E-state index in [0.717, 1.165) is 6.54 Å². The standard InChI is InChI=1S/C11H13N/c1-8-7-12-9(2)11-6-4-3-5-10(8)11/h3-6,8H,7H2,1-2H3/t8-/m1/s1. The van der Waals surface area contributed by atoms with Gasteiger partial charge in [0.25, 0.3) is 0 Å². The van der Waals surface area contributed by atoms with E-state index >= 15 is 0 Å². The molecule has 62 valence electrons. The average Bonchev–Trinajstić information content (AvgIpc) is 2.12. The molecule has 1 heterocycles. The number of hydrogen-bond donors (Lipinski definition) is 0. The van der Waals surface area contributed by atoms with Gasteiger partial charge in [0.05, 0.1) is 0 Å². The largest absolute Gasteiger partial charge is 0.289 e. The Kier molecular flexibility index (Phi) is 1.72. The molecule has 0 amide bonds. The minimum Gasteiger partial charge on any atom is -0.289 e. The third-order valence-electron chi connectivity index (χ3n) is 2.48. The van der Waals surface area contributed by atoms with Gasteiger partial charge in [-0.2, -0.15) is 0 Å². The summed E-state index contributed by atoms with van der Waals surface area (Å²) in [6, 6.07) is 8.55. The molecule has 0 saturated carbocycles. The minimum atomic E-state index is 0.588. The summed E-state index contributed by atoms with van der Waals surface area (Å²) in [5.74, 6) is 0.588. The molecule has 1 heteroatoms. The SMILES string of the molecule is CC1=NC[C@@H](C)c2ccccc21. The number of hydrogen-bond acceptors (Lipinski definition) is 1. The van der Waals surface area contributed by atoms with Gasteiger partial charge in [-0.15, -0.1) is 0 Å². The van der Waals surface area contributed by atoms with Crippen molar-refractivity contribution < 1.29 is 0 Å². The van der Waals surface area contributed by atoms with Gasteiger partial charge in [0.15, 0.2) is 0 Å². The predicted octanol–water partition coefficient (Wildman–Crippen LogP) is 2.61. The van der Waals surface area contributed by atoms with Gasteiger partial charge in [-0.25, -0.2) is 0 Å². The fraction of sp³-hybridized carbons (Fsp3) is 0.364. The summed E-state index contributed by atoms with van der Waals surface area (Å²) in [6.45, 7) is 5.27. The molecule has 1 atom stereocenters. The number of rotatable bonds is 0. The van der Waals surface area contributed by atoms with E-state index in [2.05, 4.69) is 43.1 Å². The van der Waals surface area contributed by atoms with Crippen LogP contribution in [0.4, 0.5) is 0 Å². The van der Waals surface area contributed by atoms with E-state index in [0.29, 0.717) is 5.92 Å². The second-order valence-electron chi connectivity index (χ2n) is 3.41. The van der Waals surface area contributed by atoms with Gasteiger partial charge in [0.2, 0.25) is 0 Å². The van der Waals surface area contributed by atoms with Crippen LogP contribution >= 0.6 is 0 Å². The zero-order valence-corrected chi connectivity index (χ0v) is 7.54. The lowest BCUT2D eigenvalue weighted by Crippen LogP contribution is -2.12. The maximum absolute atomic E-state index is 4.47. The van der Waals surface area contributed by atoms with Crippen LogP contribution in [0.2, 0.25) is 0 Å². The maximum Gasteiger partial charge on any atom is 0.0458 e. The molecule has 2 rings (SSSR count). The zero-order chi connectivity index (χ0) is 8.55. The molecule has 0 aromatic heterocycles. The van der Waals surface area contributed by atoms with Crippen LogP contribution in [-0.4, -0.2) is 12.3 Å². The first-order chi connectivity index (χ1) is 5.79. The van der Waals surface area contributed by atoms with Crippen molar-refractivity contribution >= 4 is 5.71 Å². The number of aliphatic imine (C=N–C) groups is 1. The average molecular weight is 159 g/mol. The first kappa shape index (κ1) is 7.53. The minimum absolute atomic E-state index is 0.588. The fourth-order valence-electron chi connectivity index (χ4n) is 1.71. The summed E-state index contributed by atoms with van der Waals surface area (Å²) in [5.41, 5.74) is 3.96. The molecule has 12 heavy (non-hydrogen) atoms. The van der Waals surface area contributed by atoms with Crippen molar-refractivity contribution in [3.63, 3.8) is 0 Å². The normalized spacial score (nSPS) is 21.5. The maximum atomic E-state index is 4.47. The molecule has 0 spiro atoms. The number of nitrogens with zero attached hydrogens (tertiary/aromatic N) is 1. The second kappa shape index (κ2) is 2.74. The highest BCUT2D eigenvalue weighted by atomic mass is 14.8. The van der Waals surface area contributed by atoms with E-state index in [4.69, 9.17) is 0 Å². The van der Waals surface area contributed by atoms with Crippen LogP contribution < -0.4 is 0 Å². The smallest absolute Gasteiger partial charge is 0.0458 e. The predicted molar refractivity (Wildman–Crippen MR) is 51.9 cm³/mol. The molecular formula is C11H13N. The Morgan fingerprint density at radius 3 is 2.83 bits per heavy atom. The second-order valence-corrected chi connectivity index (χ2v) is 3.41. The van der Waals surface area contributed by atoms with E-state index < -0.39 is 0 Å². The van der Waals surface area contributed by atoms with E-state index in [9.17, 15) is 0 Å². The Hall–Kier alpha value is -1.11. The van der Waals surface area contributed by atoms with Crippen LogP contribution in [-0.2, 0) is 0 Å². The summed E-state index contributed by atoms with van der Waals surface area (Å²) in [7, 11) is 0. The molecule has 0 aliphatic carbocycles. The molecule has 0 saturated heterocycles. The first-order valence-electron chi connectivity index (χ1n) is 4.39. The van der Waals surface area contributed by atoms with Gasteiger partial charge in [0.1, 0.15) is 0 Å². The first-order valence-corrected chi connectivity index (χ1v) is 4.39. The van der Waals surface area contributed by atoms with E-state index in [-0.39, 0.29) is 0 Å². The Morgan fingerprint density at radius 1 is 1.33 bits per heavy atom. The summed E-state index contributed by atoms with van der Waals surface area (Å²) in [6.07, 6.45) is 0. The Morgan fingerprint density at radius 2 is 2.08 bits per heavy atom. The van der Waals surface area contributed by atoms with Crippen molar-refractivity contribution in [2.45, 2.75) is 19.8 Å². The van der Waals surface area contributed by atoms with Crippen molar-refractivity contribution in [3.05, 3.63) is 35.4 Å². The lowest BCUT2D eigenvalue weighted by atomic mass is 9.91.